The molecule has 0 bridgehead atoms. The van der Waals surface area contributed by atoms with E-state index in [1.54, 1.807) is 6.29 Å². The molecule has 0 spiro atoms. The minimum absolute atomic E-state index is 0.0874. The molecule has 0 aliphatic heterocycles. The van der Waals surface area contributed by atoms with Crippen molar-refractivity contribution < 1.29 is 72.6 Å². The van der Waals surface area contributed by atoms with Crippen molar-refractivity contribution in [2.75, 3.05) is 59.3 Å². The summed E-state index contributed by atoms with van der Waals surface area (Å²) in [4.78, 5) is 91.9. The van der Waals surface area contributed by atoms with Crippen molar-refractivity contribution in [2.45, 2.75) is 121 Å². The Bertz CT molecular complexity index is 1110. The van der Waals surface area contributed by atoms with Gasteiger partial charge >= 0.3 is 17.9 Å². The normalized spacial score (nSPS) is 12.6. The highest BCUT2D eigenvalue weighted by Gasteiger charge is 2.24. The summed E-state index contributed by atoms with van der Waals surface area (Å²) in [5.74, 6) is -5.11. The van der Waals surface area contributed by atoms with Crippen molar-refractivity contribution in [1.82, 2.24) is 21.3 Å². The van der Waals surface area contributed by atoms with E-state index in [-0.39, 0.29) is 91.3 Å². The summed E-state index contributed by atoms with van der Waals surface area (Å²) in [5.41, 5.74) is 0. The number of carboxylic acid groups (broad SMARTS) is 3. The zero-order valence-electron chi connectivity index (χ0n) is 31.7. The number of carbonyl (C=O) groups is 7. The van der Waals surface area contributed by atoms with Crippen LogP contribution in [0.5, 0.6) is 0 Å². The average Bonchev–Trinajstić information content (AvgIpc) is 3.14. The number of nitrogens with one attached hydrogen (secondary N) is 4. The molecule has 0 saturated carbocycles. The van der Waals surface area contributed by atoms with Gasteiger partial charge in [0.15, 0.2) is 12.5 Å². The van der Waals surface area contributed by atoms with E-state index in [0.29, 0.717) is 25.7 Å². The number of aldehydes is 1. The van der Waals surface area contributed by atoms with E-state index in [1.807, 2.05) is 0 Å². The highest BCUT2D eigenvalue weighted by molar-refractivity contribution is 5.86. The van der Waals surface area contributed by atoms with Crippen molar-refractivity contribution in [1.29, 1.82) is 0 Å². The molecule has 0 aliphatic rings. The average molecular weight is 790 g/mol. The molecule has 55 heavy (non-hydrogen) atoms. The van der Waals surface area contributed by atoms with Crippen molar-refractivity contribution >= 4 is 48.2 Å². The highest BCUT2D eigenvalue weighted by Crippen LogP contribution is 2.12. The molecule has 0 rings (SSSR count). The zero-order valence-corrected chi connectivity index (χ0v) is 31.7. The summed E-state index contributed by atoms with van der Waals surface area (Å²) >= 11 is 0. The molecule has 0 aromatic heterocycles. The maximum atomic E-state index is 12.4. The molecule has 19 heteroatoms. The lowest BCUT2D eigenvalue weighted by molar-refractivity contribution is -0.143. The second kappa shape index (κ2) is 35.6. The Kier molecular flexibility index (Phi) is 33.0. The van der Waals surface area contributed by atoms with Crippen LogP contribution in [0.15, 0.2) is 0 Å². The number of hydrogen-bond donors (Lipinski definition) is 7. The Morgan fingerprint density at radius 3 is 1.56 bits per heavy atom. The third-order valence-electron chi connectivity index (χ3n) is 7.97. The van der Waals surface area contributed by atoms with Gasteiger partial charge in [-0.2, -0.15) is 0 Å². The molecule has 0 aromatic rings. The van der Waals surface area contributed by atoms with Gasteiger partial charge in [0, 0.05) is 38.8 Å². The molecule has 0 fully saturated rings. The van der Waals surface area contributed by atoms with E-state index in [9.17, 15) is 48.6 Å². The van der Waals surface area contributed by atoms with Gasteiger partial charge in [-0.25, -0.2) is 9.59 Å². The predicted octanol–water partition coefficient (Wildman–Crippen LogP) is 0.858. The topological polar surface area (TPSA) is 282 Å². The van der Waals surface area contributed by atoms with Crippen LogP contribution >= 0.6 is 0 Å². The first-order valence-electron chi connectivity index (χ1n) is 18.9. The van der Waals surface area contributed by atoms with Crippen LogP contribution in [0.4, 0.5) is 0 Å². The maximum Gasteiger partial charge on any atom is 0.326 e. The molecule has 3 atom stereocenters. The monoisotopic (exact) mass is 789 g/mol. The Morgan fingerprint density at radius 1 is 0.564 bits per heavy atom. The number of carboxylic acids is 3. The fraction of sp³-hybridized carbons (Fsp3) is 0.778. The van der Waals surface area contributed by atoms with Gasteiger partial charge in [-0.1, -0.05) is 51.4 Å². The molecular formula is C36H61N4O15. The molecular weight excluding hydrogens is 728 g/mol. The minimum atomic E-state index is -1.39. The van der Waals surface area contributed by atoms with Crippen LogP contribution in [0, 0.1) is 0 Å². The molecule has 7 N–H and O–H groups in total. The van der Waals surface area contributed by atoms with E-state index in [4.69, 9.17) is 24.1 Å². The fourth-order valence-corrected chi connectivity index (χ4v) is 5.02. The van der Waals surface area contributed by atoms with E-state index in [2.05, 4.69) is 21.3 Å². The minimum Gasteiger partial charge on any atom is -0.481 e. The summed E-state index contributed by atoms with van der Waals surface area (Å²) in [5, 5.41) is 37.8. The van der Waals surface area contributed by atoms with E-state index >= 15 is 0 Å². The first-order chi connectivity index (χ1) is 26.5. The maximum absolute atomic E-state index is 12.4. The SMILES string of the molecule is O=[C]COCCOCCNC(C=O)OCCOCCNC(=O)CC[C@@H](NC(=O)CC[C@H](NC(=O)CCCCCCCCCCCCC(=O)O)C(=O)O)C(=O)O. The van der Waals surface area contributed by atoms with Gasteiger partial charge in [-0.15, -0.1) is 0 Å². The summed E-state index contributed by atoms with van der Waals surface area (Å²) in [7, 11) is 0. The molecule has 1 unspecified atom stereocenters. The zero-order chi connectivity index (χ0) is 40.9. The summed E-state index contributed by atoms with van der Waals surface area (Å²) in [6.07, 6.45) is 9.82. The summed E-state index contributed by atoms with van der Waals surface area (Å²) in [6.45, 7) is 1.48. The van der Waals surface area contributed by atoms with Gasteiger partial charge < -0.3 is 50.2 Å². The second-order valence-corrected chi connectivity index (χ2v) is 12.6. The van der Waals surface area contributed by atoms with Crippen LogP contribution in [0.25, 0.3) is 0 Å². The lowest BCUT2D eigenvalue weighted by Gasteiger charge is -2.17. The van der Waals surface area contributed by atoms with Crippen molar-refractivity contribution in [3.05, 3.63) is 0 Å². The molecule has 0 aromatic carbocycles. The molecule has 3 amide bonds. The third-order valence-corrected chi connectivity index (χ3v) is 7.97. The van der Waals surface area contributed by atoms with Gasteiger partial charge in [-0.05, 0) is 25.7 Å². The van der Waals surface area contributed by atoms with Gasteiger partial charge in [0.25, 0.3) is 0 Å². The van der Waals surface area contributed by atoms with Crippen molar-refractivity contribution in [2.24, 2.45) is 0 Å². The summed E-state index contributed by atoms with van der Waals surface area (Å²) < 4.78 is 20.8. The number of unbranched alkanes of at least 4 members (excludes halogenated alkanes) is 9. The fourth-order valence-electron chi connectivity index (χ4n) is 5.02. The van der Waals surface area contributed by atoms with Gasteiger partial charge in [-0.3, -0.25) is 34.1 Å². The third kappa shape index (κ3) is 33.1. The van der Waals surface area contributed by atoms with E-state index in [0.717, 1.165) is 51.4 Å². The molecule has 0 saturated heterocycles. The lowest BCUT2D eigenvalue weighted by atomic mass is 10.0. The van der Waals surface area contributed by atoms with Crippen LogP contribution in [0.3, 0.4) is 0 Å². The van der Waals surface area contributed by atoms with Crippen LogP contribution in [0.2, 0.25) is 0 Å². The number of amides is 3. The van der Waals surface area contributed by atoms with Crippen LogP contribution in [-0.2, 0) is 57.3 Å². The molecule has 315 valence electrons. The first-order valence-corrected chi connectivity index (χ1v) is 18.9. The van der Waals surface area contributed by atoms with E-state index in [1.165, 1.54) is 0 Å². The van der Waals surface area contributed by atoms with Crippen molar-refractivity contribution in [3.8, 4) is 0 Å². The molecule has 0 aliphatic carbocycles. The molecule has 0 heterocycles. The van der Waals surface area contributed by atoms with Gasteiger partial charge in [0.05, 0.1) is 39.6 Å². The first kappa shape index (κ1) is 51.0. The number of hydrogen-bond acceptors (Lipinski definition) is 13. The summed E-state index contributed by atoms with van der Waals surface area (Å²) in [6, 6.07) is -2.71. The second-order valence-electron chi connectivity index (χ2n) is 12.6. The predicted molar refractivity (Wildman–Crippen MR) is 196 cm³/mol. The smallest absolute Gasteiger partial charge is 0.326 e. The van der Waals surface area contributed by atoms with Crippen LogP contribution in [-0.4, -0.2) is 141 Å². The van der Waals surface area contributed by atoms with Gasteiger partial charge in [0.2, 0.25) is 24.0 Å². The Hall–Kier alpha value is -4.04. The van der Waals surface area contributed by atoms with Gasteiger partial charge in [0.1, 0.15) is 18.7 Å². The lowest BCUT2D eigenvalue weighted by Crippen LogP contribution is -2.44. The number of aliphatic carboxylic acids is 3. The van der Waals surface area contributed by atoms with Crippen LogP contribution < -0.4 is 21.3 Å². The largest absolute Gasteiger partial charge is 0.481 e. The number of rotatable bonds is 40. The highest BCUT2D eigenvalue weighted by atomic mass is 16.5. The number of ether oxygens (including phenoxy) is 4. The van der Waals surface area contributed by atoms with Crippen LogP contribution in [0.1, 0.15) is 103 Å². The molecule has 19 nitrogen and oxygen atoms in total. The quantitative estimate of drug-likeness (QED) is 0.0257. The number of carbonyl (C=O) groups excluding carboxylic acids is 5. The Balaban J connectivity index is 4.12. The van der Waals surface area contributed by atoms with E-state index < -0.39 is 53.9 Å². The Labute approximate surface area is 322 Å². The Morgan fingerprint density at radius 2 is 1.04 bits per heavy atom. The molecule has 1 radical (unpaired) electrons. The van der Waals surface area contributed by atoms with Crippen molar-refractivity contribution in [3.63, 3.8) is 0 Å². The standard InChI is InChI=1S/C36H61N4O15/c41-19-22-54-24-23-52-21-18-38-33(27-42)55-26-25-53-20-17-37-30(43)15-13-28(35(48)49)40-32(45)16-14-29(36(50)51)39-31(44)11-9-7-5-3-1-2-4-6-8-10-12-34(46)47/h27-29,33,38H,1-18,20-26H2,(H,37,43)(H,39,44)(H,40,45)(H,46,47)(H,48,49)(H,50,51)/t28-,29+,33?/m1/s1.